The average molecular weight is 244 g/mol. The molecule has 3 N–H and O–H groups in total. The standard InChI is InChI=1S/C12H12N4O2/c1-8-2-4-9(5-3-8)18-11-7-14-6-10(15-11)12(13)16-17/h2-7,17H,1H3,(H2,13,16). The van der Waals surface area contributed by atoms with Crippen molar-refractivity contribution < 1.29 is 9.94 Å². The topological polar surface area (TPSA) is 93.6 Å². The van der Waals surface area contributed by atoms with Crippen LogP contribution in [0.4, 0.5) is 0 Å². The quantitative estimate of drug-likeness (QED) is 0.371. The van der Waals surface area contributed by atoms with Gasteiger partial charge in [0.25, 0.3) is 0 Å². The molecule has 2 aromatic rings. The minimum absolute atomic E-state index is 0.114. The van der Waals surface area contributed by atoms with Crippen LogP contribution < -0.4 is 10.5 Å². The van der Waals surface area contributed by atoms with Gasteiger partial charge >= 0.3 is 0 Å². The van der Waals surface area contributed by atoms with Gasteiger partial charge < -0.3 is 15.7 Å². The van der Waals surface area contributed by atoms with E-state index in [2.05, 4.69) is 15.1 Å². The second-order valence-corrected chi connectivity index (χ2v) is 3.64. The average Bonchev–Trinajstić information content (AvgIpc) is 2.41. The third-order valence-electron chi connectivity index (χ3n) is 2.23. The number of amidine groups is 1. The summed E-state index contributed by atoms with van der Waals surface area (Å²) < 4.78 is 5.50. The summed E-state index contributed by atoms with van der Waals surface area (Å²) in [6, 6.07) is 7.51. The lowest BCUT2D eigenvalue weighted by Gasteiger charge is -2.05. The van der Waals surface area contributed by atoms with Crippen molar-refractivity contribution >= 4 is 5.84 Å². The van der Waals surface area contributed by atoms with Gasteiger partial charge in [-0.25, -0.2) is 4.98 Å². The number of hydrogen-bond acceptors (Lipinski definition) is 5. The van der Waals surface area contributed by atoms with Crippen LogP contribution >= 0.6 is 0 Å². The van der Waals surface area contributed by atoms with Crippen LogP contribution in [0.1, 0.15) is 11.3 Å². The third kappa shape index (κ3) is 2.73. The van der Waals surface area contributed by atoms with Crippen molar-refractivity contribution in [2.24, 2.45) is 10.9 Å². The highest BCUT2D eigenvalue weighted by Gasteiger charge is 2.05. The van der Waals surface area contributed by atoms with Crippen molar-refractivity contribution in [2.75, 3.05) is 0 Å². The van der Waals surface area contributed by atoms with Gasteiger partial charge in [-0.3, -0.25) is 4.98 Å². The molecule has 92 valence electrons. The maximum Gasteiger partial charge on any atom is 0.238 e. The Labute approximate surface area is 104 Å². The van der Waals surface area contributed by atoms with E-state index in [0.29, 0.717) is 5.75 Å². The Morgan fingerprint density at radius 3 is 2.67 bits per heavy atom. The maximum atomic E-state index is 8.55. The van der Waals surface area contributed by atoms with E-state index in [-0.39, 0.29) is 17.4 Å². The second kappa shape index (κ2) is 5.13. The number of aromatic nitrogens is 2. The van der Waals surface area contributed by atoms with Gasteiger partial charge in [0, 0.05) is 0 Å². The van der Waals surface area contributed by atoms with Crippen LogP contribution in [0.2, 0.25) is 0 Å². The lowest BCUT2D eigenvalue weighted by Crippen LogP contribution is -2.15. The van der Waals surface area contributed by atoms with Crippen LogP contribution in [-0.4, -0.2) is 21.0 Å². The molecule has 0 atom stereocenters. The first-order chi connectivity index (χ1) is 8.69. The molecule has 1 aromatic heterocycles. The zero-order chi connectivity index (χ0) is 13.0. The highest BCUT2D eigenvalue weighted by Crippen LogP contribution is 2.18. The third-order valence-corrected chi connectivity index (χ3v) is 2.23. The van der Waals surface area contributed by atoms with Crippen molar-refractivity contribution in [1.29, 1.82) is 0 Å². The molecule has 2 rings (SSSR count). The number of nitrogens with zero attached hydrogens (tertiary/aromatic N) is 3. The number of nitrogens with two attached hydrogens (primary N) is 1. The lowest BCUT2D eigenvalue weighted by atomic mass is 10.2. The minimum atomic E-state index is -0.114. The van der Waals surface area contributed by atoms with Gasteiger partial charge in [-0.15, -0.1) is 0 Å². The molecule has 0 aliphatic rings. The first kappa shape index (κ1) is 11.8. The lowest BCUT2D eigenvalue weighted by molar-refractivity contribution is 0.318. The van der Waals surface area contributed by atoms with E-state index >= 15 is 0 Å². The Bertz CT molecular complexity index is 567. The zero-order valence-corrected chi connectivity index (χ0v) is 9.74. The summed E-state index contributed by atoms with van der Waals surface area (Å²) in [4.78, 5) is 7.97. The molecule has 0 unspecified atom stereocenters. The zero-order valence-electron chi connectivity index (χ0n) is 9.74. The fraction of sp³-hybridized carbons (Fsp3) is 0.0833. The minimum Gasteiger partial charge on any atom is -0.437 e. The van der Waals surface area contributed by atoms with Crippen LogP contribution in [-0.2, 0) is 0 Å². The van der Waals surface area contributed by atoms with E-state index in [1.54, 1.807) is 0 Å². The van der Waals surface area contributed by atoms with Gasteiger partial charge in [-0.1, -0.05) is 22.9 Å². The van der Waals surface area contributed by atoms with Crippen LogP contribution in [0.25, 0.3) is 0 Å². The Morgan fingerprint density at radius 2 is 2.00 bits per heavy atom. The molecule has 0 amide bonds. The van der Waals surface area contributed by atoms with Crippen LogP contribution in [0.5, 0.6) is 11.6 Å². The smallest absolute Gasteiger partial charge is 0.238 e. The largest absolute Gasteiger partial charge is 0.437 e. The molecule has 1 heterocycles. The SMILES string of the molecule is Cc1ccc(Oc2cncc(/C(N)=N/O)n2)cc1. The monoisotopic (exact) mass is 244 g/mol. The number of oxime groups is 1. The molecular formula is C12H12N4O2. The molecule has 0 aliphatic carbocycles. The second-order valence-electron chi connectivity index (χ2n) is 3.64. The highest BCUT2D eigenvalue weighted by atomic mass is 16.5. The Hall–Kier alpha value is -2.63. The van der Waals surface area contributed by atoms with E-state index in [1.807, 2.05) is 31.2 Å². The van der Waals surface area contributed by atoms with Gasteiger partial charge in [-0.2, -0.15) is 0 Å². The number of rotatable bonds is 3. The fourth-order valence-electron chi connectivity index (χ4n) is 1.30. The molecular weight excluding hydrogens is 232 g/mol. The number of aryl methyl sites for hydroxylation is 1. The van der Waals surface area contributed by atoms with Gasteiger partial charge in [-0.05, 0) is 19.1 Å². The summed E-state index contributed by atoms with van der Waals surface area (Å²) in [6.07, 6.45) is 2.84. The Kier molecular flexibility index (Phi) is 3.38. The molecule has 0 bridgehead atoms. The molecule has 6 nitrogen and oxygen atoms in total. The van der Waals surface area contributed by atoms with Crippen molar-refractivity contribution in [2.45, 2.75) is 6.92 Å². The molecule has 1 aromatic carbocycles. The maximum absolute atomic E-state index is 8.55. The fourth-order valence-corrected chi connectivity index (χ4v) is 1.30. The molecule has 18 heavy (non-hydrogen) atoms. The molecule has 0 fully saturated rings. The van der Waals surface area contributed by atoms with E-state index < -0.39 is 0 Å². The van der Waals surface area contributed by atoms with E-state index in [4.69, 9.17) is 15.7 Å². The first-order valence-corrected chi connectivity index (χ1v) is 5.23. The predicted octanol–water partition coefficient (Wildman–Crippen LogP) is 1.67. The van der Waals surface area contributed by atoms with Crippen molar-refractivity contribution in [3.05, 3.63) is 47.9 Å². The van der Waals surface area contributed by atoms with Gasteiger partial charge in [0.1, 0.15) is 11.4 Å². The molecule has 0 aliphatic heterocycles. The van der Waals surface area contributed by atoms with E-state index in [9.17, 15) is 0 Å². The molecule has 0 saturated heterocycles. The predicted molar refractivity (Wildman–Crippen MR) is 65.8 cm³/mol. The van der Waals surface area contributed by atoms with Gasteiger partial charge in [0.2, 0.25) is 5.88 Å². The van der Waals surface area contributed by atoms with E-state index in [1.165, 1.54) is 12.4 Å². The van der Waals surface area contributed by atoms with Crippen LogP contribution in [0.15, 0.2) is 41.8 Å². The molecule has 0 saturated carbocycles. The summed E-state index contributed by atoms with van der Waals surface area (Å²) in [5.74, 6) is 0.811. The van der Waals surface area contributed by atoms with Crippen molar-refractivity contribution in [1.82, 2.24) is 9.97 Å². The summed E-state index contributed by atoms with van der Waals surface area (Å²) in [5, 5.41) is 11.4. The van der Waals surface area contributed by atoms with Crippen LogP contribution in [0.3, 0.4) is 0 Å². The number of ether oxygens (including phenoxy) is 1. The summed E-state index contributed by atoms with van der Waals surface area (Å²) in [5.41, 5.74) is 6.81. The summed E-state index contributed by atoms with van der Waals surface area (Å²) >= 11 is 0. The van der Waals surface area contributed by atoms with Crippen molar-refractivity contribution in [3.8, 4) is 11.6 Å². The first-order valence-electron chi connectivity index (χ1n) is 5.23. The van der Waals surface area contributed by atoms with Crippen LogP contribution in [0, 0.1) is 6.92 Å². The molecule has 0 spiro atoms. The molecule has 6 heteroatoms. The summed E-state index contributed by atoms with van der Waals surface area (Å²) in [7, 11) is 0. The van der Waals surface area contributed by atoms with E-state index in [0.717, 1.165) is 5.56 Å². The van der Waals surface area contributed by atoms with Gasteiger partial charge in [0.05, 0.1) is 12.4 Å². The Balaban J connectivity index is 2.22. The number of hydrogen-bond donors (Lipinski definition) is 2. The number of benzene rings is 1. The highest BCUT2D eigenvalue weighted by molar-refractivity contribution is 5.94. The molecule has 0 radical (unpaired) electrons. The normalized spacial score (nSPS) is 11.3. The van der Waals surface area contributed by atoms with Crippen molar-refractivity contribution in [3.63, 3.8) is 0 Å². The van der Waals surface area contributed by atoms with Gasteiger partial charge in [0.15, 0.2) is 5.84 Å². The summed E-state index contributed by atoms with van der Waals surface area (Å²) in [6.45, 7) is 1.99. The Morgan fingerprint density at radius 1 is 1.28 bits per heavy atom.